The molecule has 1 N–H and O–H groups in total. The van der Waals surface area contributed by atoms with Crippen molar-refractivity contribution in [2.24, 2.45) is 18.4 Å². The van der Waals surface area contributed by atoms with Crippen molar-refractivity contribution in [1.29, 1.82) is 0 Å². The predicted molar refractivity (Wildman–Crippen MR) is 57.2 cm³/mol. The molecule has 0 aliphatic heterocycles. The van der Waals surface area contributed by atoms with Crippen LogP contribution in [0.1, 0.15) is 26.1 Å². The number of hydrogen-bond acceptors (Lipinski definition) is 4. The van der Waals surface area contributed by atoms with Crippen LogP contribution >= 0.6 is 0 Å². The summed E-state index contributed by atoms with van der Waals surface area (Å²) in [4.78, 5) is 1.51. The molecule has 2 rings (SSSR count). The van der Waals surface area contributed by atoms with Crippen molar-refractivity contribution in [3.8, 4) is 0 Å². The van der Waals surface area contributed by atoms with E-state index in [0.29, 0.717) is 11.5 Å². The van der Waals surface area contributed by atoms with E-state index in [-0.39, 0.29) is 0 Å². The van der Waals surface area contributed by atoms with Gasteiger partial charge in [0, 0.05) is 12.5 Å². The topological polar surface area (TPSA) is 55.6 Å². The van der Waals surface area contributed by atoms with Gasteiger partial charge in [-0.3, -0.25) is 0 Å². The molecule has 84 valence electrons. The van der Waals surface area contributed by atoms with Gasteiger partial charge in [0.05, 0.1) is 7.05 Å². The highest BCUT2D eigenvalue weighted by Crippen LogP contribution is 2.53. The molecule has 5 nitrogen and oxygen atoms in total. The fraction of sp³-hybridized carbons (Fsp3) is 0.900. The van der Waals surface area contributed by atoms with Crippen LogP contribution in [-0.2, 0) is 13.5 Å². The SMILES string of the molecule is CNC(Cc1nnn(C)n1)C1CC1(C)C. The number of rotatable bonds is 4. The van der Waals surface area contributed by atoms with E-state index < -0.39 is 0 Å². The predicted octanol–water partition coefficient (Wildman–Crippen LogP) is 0.387. The quantitative estimate of drug-likeness (QED) is 0.779. The summed E-state index contributed by atoms with van der Waals surface area (Å²) >= 11 is 0. The number of hydrogen-bond donors (Lipinski definition) is 1. The monoisotopic (exact) mass is 209 g/mol. The number of nitrogens with zero attached hydrogens (tertiary/aromatic N) is 4. The van der Waals surface area contributed by atoms with Gasteiger partial charge < -0.3 is 5.32 Å². The number of tetrazole rings is 1. The first-order valence-electron chi connectivity index (χ1n) is 5.43. The van der Waals surface area contributed by atoms with Crippen LogP contribution in [-0.4, -0.2) is 33.3 Å². The Morgan fingerprint density at radius 3 is 2.67 bits per heavy atom. The van der Waals surface area contributed by atoms with E-state index in [4.69, 9.17) is 0 Å². The molecule has 0 amide bonds. The molecular weight excluding hydrogens is 190 g/mol. The van der Waals surface area contributed by atoms with Crippen LogP contribution in [0.2, 0.25) is 0 Å². The van der Waals surface area contributed by atoms with Crippen molar-refractivity contribution >= 4 is 0 Å². The van der Waals surface area contributed by atoms with Gasteiger partial charge in [-0.05, 0) is 30.0 Å². The Balaban J connectivity index is 1.98. The Morgan fingerprint density at radius 1 is 1.60 bits per heavy atom. The van der Waals surface area contributed by atoms with Gasteiger partial charge in [-0.1, -0.05) is 13.8 Å². The highest BCUT2D eigenvalue weighted by atomic mass is 15.6. The highest BCUT2D eigenvalue weighted by molar-refractivity contribution is 5.04. The van der Waals surface area contributed by atoms with E-state index in [1.165, 1.54) is 11.2 Å². The lowest BCUT2D eigenvalue weighted by atomic mass is 10.0. The summed E-state index contributed by atoms with van der Waals surface area (Å²) in [6, 6.07) is 0.476. The second kappa shape index (κ2) is 3.56. The zero-order chi connectivity index (χ0) is 11.1. The summed E-state index contributed by atoms with van der Waals surface area (Å²) < 4.78 is 0. The minimum atomic E-state index is 0.476. The zero-order valence-corrected chi connectivity index (χ0v) is 9.86. The summed E-state index contributed by atoms with van der Waals surface area (Å²) in [6.07, 6.45) is 2.16. The van der Waals surface area contributed by atoms with Crippen LogP contribution in [0, 0.1) is 11.3 Å². The maximum atomic E-state index is 4.21. The van der Waals surface area contributed by atoms with E-state index >= 15 is 0 Å². The molecule has 0 spiro atoms. The Morgan fingerprint density at radius 2 is 2.27 bits per heavy atom. The third-order valence-electron chi connectivity index (χ3n) is 3.40. The van der Waals surface area contributed by atoms with Crippen LogP contribution in [0.5, 0.6) is 0 Å². The molecule has 1 aromatic rings. The van der Waals surface area contributed by atoms with Crippen molar-refractivity contribution < 1.29 is 0 Å². The standard InChI is InChI=1S/C10H19N5/c1-10(2)6-7(10)8(11-3)5-9-12-14-15(4)13-9/h7-8,11H,5-6H2,1-4H3. The molecule has 0 bridgehead atoms. The smallest absolute Gasteiger partial charge is 0.176 e. The summed E-state index contributed by atoms with van der Waals surface area (Å²) in [5, 5.41) is 15.4. The molecule has 1 aliphatic rings. The molecule has 0 radical (unpaired) electrons. The van der Waals surface area contributed by atoms with Crippen molar-refractivity contribution in [2.45, 2.75) is 32.7 Å². The number of nitrogens with one attached hydrogen (secondary N) is 1. The number of aromatic nitrogens is 4. The maximum Gasteiger partial charge on any atom is 0.176 e. The average molecular weight is 209 g/mol. The molecule has 2 unspecified atom stereocenters. The van der Waals surface area contributed by atoms with Crippen molar-refractivity contribution in [3.63, 3.8) is 0 Å². The molecule has 2 atom stereocenters. The lowest BCUT2D eigenvalue weighted by molar-refractivity contribution is 0.419. The third kappa shape index (κ3) is 2.17. The maximum absolute atomic E-state index is 4.21. The molecule has 5 heteroatoms. The summed E-state index contributed by atoms with van der Waals surface area (Å²) in [6.45, 7) is 4.62. The molecule has 1 aromatic heterocycles. The third-order valence-corrected chi connectivity index (χ3v) is 3.40. The second-order valence-corrected chi connectivity index (χ2v) is 5.09. The first kappa shape index (κ1) is 10.5. The molecule has 1 fully saturated rings. The molecular formula is C10H19N5. The molecule has 1 aliphatic carbocycles. The van der Waals surface area contributed by atoms with Gasteiger partial charge in [-0.15, -0.1) is 10.2 Å². The molecule has 0 saturated heterocycles. The van der Waals surface area contributed by atoms with Crippen molar-refractivity contribution in [2.75, 3.05) is 7.05 Å². The van der Waals surface area contributed by atoms with Crippen LogP contribution in [0.25, 0.3) is 0 Å². The minimum Gasteiger partial charge on any atom is -0.316 e. The largest absolute Gasteiger partial charge is 0.316 e. The van der Waals surface area contributed by atoms with Gasteiger partial charge in [0.2, 0.25) is 0 Å². The average Bonchev–Trinajstić information content (AvgIpc) is 2.59. The Hall–Kier alpha value is -0.970. The lowest BCUT2D eigenvalue weighted by Crippen LogP contribution is -2.32. The van der Waals surface area contributed by atoms with Crippen LogP contribution in [0.15, 0.2) is 0 Å². The van der Waals surface area contributed by atoms with Gasteiger partial charge in [-0.2, -0.15) is 4.80 Å². The van der Waals surface area contributed by atoms with E-state index in [1.54, 1.807) is 7.05 Å². The van der Waals surface area contributed by atoms with Crippen LogP contribution in [0.4, 0.5) is 0 Å². The molecule has 0 aromatic carbocycles. The van der Waals surface area contributed by atoms with E-state index in [2.05, 4.69) is 34.6 Å². The van der Waals surface area contributed by atoms with Gasteiger partial charge >= 0.3 is 0 Å². The molecule has 1 heterocycles. The highest BCUT2D eigenvalue weighted by Gasteiger charge is 2.49. The van der Waals surface area contributed by atoms with Crippen LogP contribution < -0.4 is 5.32 Å². The first-order valence-corrected chi connectivity index (χ1v) is 5.43. The van der Waals surface area contributed by atoms with E-state index in [1.807, 2.05) is 7.05 Å². The fourth-order valence-electron chi connectivity index (χ4n) is 2.24. The summed E-state index contributed by atoms with van der Waals surface area (Å²) in [5.74, 6) is 1.57. The van der Waals surface area contributed by atoms with Gasteiger partial charge in [0.15, 0.2) is 5.82 Å². The van der Waals surface area contributed by atoms with Gasteiger partial charge in [-0.25, -0.2) is 0 Å². The summed E-state index contributed by atoms with van der Waals surface area (Å²) in [7, 11) is 3.81. The van der Waals surface area contributed by atoms with Gasteiger partial charge in [0.25, 0.3) is 0 Å². The van der Waals surface area contributed by atoms with Crippen LogP contribution in [0.3, 0.4) is 0 Å². The zero-order valence-electron chi connectivity index (χ0n) is 9.86. The Bertz CT molecular complexity index is 343. The van der Waals surface area contributed by atoms with Crippen molar-refractivity contribution in [3.05, 3.63) is 5.82 Å². The van der Waals surface area contributed by atoms with Gasteiger partial charge in [0.1, 0.15) is 0 Å². The normalized spacial score (nSPS) is 25.2. The first-order chi connectivity index (χ1) is 7.03. The molecule has 15 heavy (non-hydrogen) atoms. The van der Waals surface area contributed by atoms with E-state index in [0.717, 1.165) is 18.2 Å². The number of likely N-dealkylation sites (N-methyl/N-ethyl adjacent to an activating group) is 1. The lowest BCUT2D eigenvalue weighted by Gasteiger charge is -2.15. The second-order valence-electron chi connectivity index (χ2n) is 5.09. The minimum absolute atomic E-state index is 0.476. The fourth-order valence-corrected chi connectivity index (χ4v) is 2.24. The van der Waals surface area contributed by atoms with E-state index in [9.17, 15) is 0 Å². The van der Waals surface area contributed by atoms with Crippen molar-refractivity contribution in [1.82, 2.24) is 25.5 Å². The summed E-state index contributed by atoms with van der Waals surface area (Å²) in [5.41, 5.74) is 0.482. The molecule has 1 saturated carbocycles. The Labute approximate surface area is 90.2 Å². The Kier molecular flexibility index (Phi) is 2.50. The number of aryl methyl sites for hydroxylation is 1.